The Balaban J connectivity index is 1.49. The Hall–Kier alpha value is -3.78. The second-order valence-electron chi connectivity index (χ2n) is 7.13. The van der Waals surface area contributed by atoms with Gasteiger partial charge in [-0.25, -0.2) is 13.4 Å². The summed E-state index contributed by atoms with van der Waals surface area (Å²) in [6, 6.07) is 18.6. The SMILES string of the molecule is Cc1ccc(NS(=O)(=O)c2ccc(NC(=O)c3cnc4ccccc4n3)cc2)cc1C. The van der Waals surface area contributed by atoms with Crippen molar-refractivity contribution in [2.24, 2.45) is 0 Å². The number of nitrogens with zero attached hydrogens (tertiary/aromatic N) is 2. The van der Waals surface area contributed by atoms with Gasteiger partial charge in [0.2, 0.25) is 0 Å². The fourth-order valence-corrected chi connectivity index (χ4v) is 4.05. The molecule has 2 N–H and O–H groups in total. The van der Waals surface area contributed by atoms with Crippen molar-refractivity contribution >= 4 is 38.3 Å². The molecule has 0 saturated carbocycles. The fraction of sp³-hybridized carbons (Fsp3) is 0.0870. The highest BCUT2D eigenvalue weighted by Crippen LogP contribution is 2.21. The third-order valence-electron chi connectivity index (χ3n) is 4.86. The molecule has 0 spiro atoms. The van der Waals surface area contributed by atoms with Gasteiger partial charge >= 0.3 is 0 Å². The van der Waals surface area contributed by atoms with Crippen molar-refractivity contribution in [1.29, 1.82) is 0 Å². The van der Waals surface area contributed by atoms with Gasteiger partial charge in [-0.3, -0.25) is 14.5 Å². The van der Waals surface area contributed by atoms with Crippen molar-refractivity contribution in [2.45, 2.75) is 18.7 Å². The first-order valence-electron chi connectivity index (χ1n) is 9.55. The minimum Gasteiger partial charge on any atom is -0.321 e. The summed E-state index contributed by atoms with van der Waals surface area (Å²) in [6.07, 6.45) is 1.41. The molecule has 0 saturated heterocycles. The van der Waals surface area contributed by atoms with E-state index in [0.717, 1.165) is 11.1 Å². The molecule has 7 nitrogen and oxygen atoms in total. The van der Waals surface area contributed by atoms with Crippen molar-refractivity contribution < 1.29 is 13.2 Å². The Morgan fingerprint density at radius 3 is 2.23 bits per heavy atom. The predicted octanol–water partition coefficient (Wildman–Crippen LogP) is 4.30. The zero-order chi connectivity index (χ0) is 22.0. The van der Waals surface area contributed by atoms with Gasteiger partial charge in [0.1, 0.15) is 5.69 Å². The van der Waals surface area contributed by atoms with Crippen molar-refractivity contribution in [3.05, 3.63) is 89.7 Å². The van der Waals surface area contributed by atoms with E-state index in [4.69, 9.17) is 0 Å². The second kappa shape index (κ2) is 8.16. The Labute approximate surface area is 180 Å². The van der Waals surface area contributed by atoms with Crippen LogP contribution in [0.3, 0.4) is 0 Å². The summed E-state index contributed by atoms with van der Waals surface area (Å²) in [5, 5.41) is 2.71. The molecule has 0 atom stereocenters. The van der Waals surface area contributed by atoms with Crippen LogP contribution in [0.5, 0.6) is 0 Å². The van der Waals surface area contributed by atoms with Crippen LogP contribution in [0.15, 0.2) is 77.8 Å². The highest BCUT2D eigenvalue weighted by atomic mass is 32.2. The number of benzene rings is 3. The van der Waals surface area contributed by atoms with Gasteiger partial charge in [0.25, 0.3) is 15.9 Å². The molecule has 0 radical (unpaired) electrons. The summed E-state index contributed by atoms with van der Waals surface area (Å²) in [5.41, 5.74) is 4.51. The van der Waals surface area contributed by atoms with E-state index in [0.29, 0.717) is 22.4 Å². The van der Waals surface area contributed by atoms with Crippen LogP contribution >= 0.6 is 0 Å². The first-order chi connectivity index (χ1) is 14.8. The van der Waals surface area contributed by atoms with Gasteiger partial charge < -0.3 is 5.32 Å². The number of nitrogens with one attached hydrogen (secondary N) is 2. The van der Waals surface area contributed by atoms with Crippen LogP contribution < -0.4 is 10.0 Å². The summed E-state index contributed by atoms with van der Waals surface area (Å²) < 4.78 is 27.9. The molecule has 4 aromatic rings. The molecule has 0 fully saturated rings. The Kier molecular flexibility index (Phi) is 5.39. The van der Waals surface area contributed by atoms with E-state index in [1.54, 1.807) is 18.2 Å². The van der Waals surface area contributed by atoms with Crippen LogP contribution in [0.4, 0.5) is 11.4 Å². The van der Waals surface area contributed by atoms with Crippen LogP contribution in [0.2, 0.25) is 0 Å². The van der Waals surface area contributed by atoms with E-state index in [9.17, 15) is 13.2 Å². The number of rotatable bonds is 5. The number of carbonyl (C=O) groups excluding carboxylic acids is 1. The van der Waals surface area contributed by atoms with E-state index >= 15 is 0 Å². The van der Waals surface area contributed by atoms with E-state index in [2.05, 4.69) is 20.0 Å². The average molecular weight is 433 g/mol. The van der Waals surface area contributed by atoms with Gasteiger partial charge in [-0.05, 0) is 73.5 Å². The molecule has 8 heteroatoms. The largest absolute Gasteiger partial charge is 0.321 e. The quantitative estimate of drug-likeness (QED) is 0.490. The van der Waals surface area contributed by atoms with Crippen LogP contribution in [-0.4, -0.2) is 24.3 Å². The third-order valence-corrected chi connectivity index (χ3v) is 6.26. The molecule has 0 aliphatic rings. The lowest BCUT2D eigenvalue weighted by molar-refractivity contribution is 0.102. The number of fused-ring (bicyclic) bond motifs is 1. The number of sulfonamides is 1. The molecule has 4 rings (SSSR count). The minimum atomic E-state index is -3.75. The normalized spacial score (nSPS) is 11.3. The average Bonchev–Trinajstić information content (AvgIpc) is 2.76. The standard InChI is InChI=1S/C23H20N4O3S/c1-15-7-8-18(13-16(15)2)27-31(29,30)19-11-9-17(10-12-19)25-23(28)22-14-24-20-5-3-4-6-21(20)26-22/h3-14,27H,1-2H3,(H,25,28). The lowest BCUT2D eigenvalue weighted by atomic mass is 10.1. The van der Waals surface area contributed by atoms with Crippen molar-refractivity contribution in [3.8, 4) is 0 Å². The van der Waals surface area contributed by atoms with Crippen molar-refractivity contribution in [2.75, 3.05) is 10.0 Å². The molecule has 0 bridgehead atoms. The highest BCUT2D eigenvalue weighted by molar-refractivity contribution is 7.92. The zero-order valence-corrected chi connectivity index (χ0v) is 17.8. The van der Waals surface area contributed by atoms with Crippen molar-refractivity contribution in [3.63, 3.8) is 0 Å². The van der Waals surface area contributed by atoms with Crippen LogP contribution in [0.1, 0.15) is 21.6 Å². The Bertz CT molecular complexity index is 1380. The lowest BCUT2D eigenvalue weighted by Crippen LogP contribution is -2.15. The zero-order valence-electron chi connectivity index (χ0n) is 17.0. The van der Waals surface area contributed by atoms with E-state index in [-0.39, 0.29) is 10.6 Å². The second-order valence-corrected chi connectivity index (χ2v) is 8.81. The molecule has 156 valence electrons. The van der Waals surface area contributed by atoms with Gasteiger partial charge in [0.05, 0.1) is 22.1 Å². The van der Waals surface area contributed by atoms with Crippen molar-refractivity contribution in [1.82, 2.24) is 9.97 Å². The number of amides is 1. The van der Waals surface area contributed by atoms with Gasteiger partial charge in [-0.2, -0.15) is 0 Å². The summed E-state index contributed by atoms with van der Waals surface area (Å²) in [6.45, 7) is 3.88. The number of aromatic nitrogens is 2. The van der Waals surface area contributed by atoms with Gasteiger partial charge in [-0.15, -0.1) is 0 Å². The lowest BCUT2D eigenvalue weighted by Gasteiger charge is -2.11. The maximum atomic E-state index is 12.7. The van der Waals surface area contributed by atoms with Gasteiger partial charge in [-0.1, -0.05) is 18.2 Å². The maximum Gasteiger partial charge on any atom is 0.275 e. The van der Waals surface area contributed by atoms with E-state index in [1.807, 2.05) is 38.1 Å². The molecule has 1 heterocycles. The third kappa shape index (κ3) is 4.54. The number of para-hydroxylation sites is 2. The molecule has 1 amide bonds. The van der Waals surface area contributed by atoms with Gasteiger partial charge in [0, 0.05) is 11.4 Å². The number of aryl methyl sites for hydroxylation is 2. The summed E-state index contributed by atoms with van der Waals surface area (Å²) in [7, 11) is -3.75. The Morgan fingerprint density at radius 1 is 0.839 bits per heavy atom. The maximum absolute atomic E-state index is 12.7. The van der Waals surface area contributed by atoms with E-state index < -0.39 is 15.9 Å². The molecule has 0 aliphatic heterocycles. The number of anilines is 2. The molecule has 1 aromatic heterocycles. The molecule has 31 heavy (non-hydrogen) atoms. The first-order valence-corrected chi connectivity index (χ1v) is 11.0. The highest BCUT2D eigenvalue weighted by Gasteiger charge is 2.15. The Morgan fingerprint density at radius 2 is 1.52 bits per heavy atom. The predicted molar refractivity (Wildman–Crippen MR) is 121 cm³/mol. The molecule has 0 unspecified atom stereocenters. The smallest absolute Gasteiger partial charge is 0.275 e. The van der Waals surface area contributed by atoms with Crippen LogP contribution in [0.25, 0.3) is 11.0 Å². The number of carbonyl (C=O) groups is 1. The summed E-state index contributed by atoms with van der Waals surface area (Å²) in [4.78, 5) is 21.1. The molecular formula is C23H20N4O3S. The summed E-state index contributed by atoms with van der Waals surface area (Å²) >= 11 is 0. The number of hydrogen-bond acceptors (Lipinski definition) is 5. The first kappa shape index (κ1) is 20.5. The fourth-order valence-electron chi connectivity index (χ4n) is 3.00. The van der Waals surface area contributed by atoms with E-state index in [1.165, 1.54) is 30.5 Å². The minimum absolute atomic E-state index is 0.0919. The van der Waals surface area contributed by atoms with Gasteiger partial charge in [0.15, 0.2) is 0 Å². The topological polar surface area (TPSA) is 101 Å². The van der Waals surface area contributed by atoms with Crippen LogP contribution in [0, 0.1) is 13.8 Å². The molecule has 0 aliphatic carbocycles. The molecule has 3 aromatic carbocycles. The monoisotopic (exact) mass is 432 g/mol. The summed E-state index contributed by atoms with van der Waals surface area (Å²) in [5.74, 6) is -0.429. The number of hydrogen-bond donors (Lipinski definition) is 2. The van der Waals surface area contributed by atoms with Crippen LogP contribution in [-0.2, 0) is 10.0 Å². The molecular weight excluding hydrogens is 412 g/mol.